The van der Waals surface area contributed by atoms with Crippen molar-refractivity contribution in [1.29, 1.82) is 0 Å². The average molecular weight is 473 g/mol. The highest BCUT2D eigenvalue weighted by molar-refractivity contribution is 5.94. The van der Waals surface area contributed by atoms with Crippen molar-refractivity contribution in [1.82, 2.24) is 9.55 Å². The van der Waals surface area contributed by atoms with E-state index in [-0.39, 0.29) is 47.6 Å². The number of carbonyl (C=O) groups excluding carboxylic acids is 3. The number of H-pyrrole nitrogens is 1. The Hall–Kier alpha value is -2.68. The van der Waals surface area contributed by atoms with Gasteiger partial charge in [-0.2, -0.15) is 4.39 Å². The summed E-state index contributed by atoms with van der Waals surface area (Å²) in [7, 11) is 0. The molecule has 2 N–H and O–H groups in total. The van der Waals surface area contributed by atoms with Gasteiger partial charge in [0, 0.05) is 30.4 Å². The Labute approximate surface area is 195 Å². The van der Waals surface area contributed by atoms with Gasteiger partial charge in [-0.3, -0.25) is 23.7 Å². The molecule has 0 unspecified atom stereocenters. The molecular weight excluding hydrogens is 443 g/mol. The molecule has 4 aliphatic rings. The number of rotatable bonds is 3. The second-order valence-electron chi connectivity index (χ2n) is 11.1. The van der Waals surface area contributed by atoms with Crippen LogP contribution in [0.15, 0.2) is 27.4 Å². The van der Waals surface area contributed by atoms with Crippen LogP contribution in [0.3, 0.4) is 0 Å². The molecule has 0 bridgehead atoms. The SMILES string of the molecule is C[C@]12CCC(=O)C=C1CC[C@@H]1[C@@H]2C(=O)C[C@@]2(C)[C@H]1CC[C@]2(O)C(=O)Cn1c(=O)[nH]cc(F)c1=O. The third-order valence-electron chi connectivity index (χ3n) is 9.59. The Morgan fingerprint density at radius 3 is 2.65 bits per heavy atom. The first kappa shape index (κ1) is 23.1. The van der Waals surface area contributed by atoms with Gasteiger partial charge in [0.25, 0.3) is 5.56 Å². The number of Topliss-reactive ketones (excluding diaryl/α,β-unsaturated/α-hetero) is 2. The summed E-state index contributed by atoms with van der Waals surface area (Å²) < 4.78 is 14.2. The van der Waals surface area contributed by atoms with Crippen LogP contribution in [0.2, 0.25) is 0 Å². The summed E-state index contributed by atoms with van der Waals surface area (Å²) >= 11 is 0. The number of hydrogen-bond donors (Lipinski definition) is 2. The standard InChI is InChI=1S/C25H29FN2O6/c1-23-7-5-14(29)9-13(23)3-4-15-16-6-8-25(34,24(16,2)10-18(30)20(15)23)19(31)12-28-21(32)17(26)11-27-22(28)33/h9,11,15-16,20,34H,3-8,10,12H2,1-2H3,(H,27,33)/t15-,16-,20+,23-,24-,25-/m0/s1. The third-order valence-corrected chi connectivity index (χ3v) is 9.59. The second kappa shape index (κ2) is 7.41. The van der Waals surface area contributed by atoms with Gasteiger partial charge in [0.05, 0.1) is 6.54 Å². The minimum atomic E-state index is -1.91. The van der Waals surface area contributed by atoms with E-state index in [1.54, 1.807) is 13.0 Å². The number of aliphatic hydroxyl groups is 1. The summed E-state index contributed by atoms with van der Waals surface area (Å²) in [6.07, 6.45) is 5.47. The third kappa shape index (κ3) is 2.95. The quantitative estimate of drug-likeness (QED) is 0.689. The predicted octanol–water partition coefficient (Wildman–Crippen LogP) is 1.69. The summed E-state index contributed by atoms with van der Waals surface area (Å²) in [6, 6.07) is 0. The van der Waals surface area contributed by atoms with Gasteiger partial charge in [-0.15, -0.1) is 0 Å². The fraction of sp³-hybridized carbons (Fsp3) is 0.640. The first-order valence-electron chi connectivity index (χ1n) is 11.9. The maximum Gasteiger partial charge on any atom is 0.328 e. The van der Waals surface area contributed by atoms with Gasteiger partial charge in [0.15, 0.2) is 11.6 Å². The fourth-order valence-electron chi connectivity index (χ4n) is 7.75. The lowest BCUT2D eigenvalue weighted by Gasteiger charge is -2.57. The first-order chi connectivity index (χ1) is 15.9. The van der Waals surface area contributed by atoms with E-state index in [0.717, 1.165) is 5.57 Å². The van der Waals surface area contributed by atoms with Crippen molar-refractivity contribution >= 4 is 17.3 Å². The molecule has 0 aliphatic heterocycles. The number of ketones is 3. The Bertz CT molecular complexity index is 1260. The molecule has 0 amide bonds. The van der Waals surface area contributed by atoms with Crippen molar-refractivity contribution in [2.45, 2.75) is 70.9 Å². The van der Waals surface area contributed by atoms with Crippen LogP contribution < -0.4 is 11.2 Å². The van der Waals surface area contributed by atoms with Crippen LogP contribution in [0.25, 0.3) is 0 Å². The largest absolute Gasteiger partial charge is 0.381 e. The number of hydrogen-bond acceptors (Lipinski definition) is 6. The van der Waals surface area contributed by atoms with Crippen LogP contribution >= 0.6 is 0 Å². The van der Waals surface area contributed by atoms with Crippen LogP contribution in [0.5, 0.6) is 0 Å². The van der Waals surface area contributed by atoms with Crippen molar-refractivity contribution in [2.24, 2.45) is 28.6 Å². The molecule has 0 spiro atoms. The molecule has 1 aromatic heterocycles. The number of aromatic nitrogens is 2. The molecule has 3 saturated carbocycles. The molecule has 4 aliphatic carbocycles. The summed E-state index contributed by atoms with van der Waals surface area (Å²) in [5.41, 5.74) is -4.47. The minimum absolute atomic E-state index is 0.00625. The Morgan fingerprint density at radius 2 is 1.91 bits per heavy atom. The van der Waals surface area contributed by atoms with Gasteiger partial charge in [-0.25, -0.2) is 4.79 Å². The van der Waals surface area contributed by atoms with E-state index in [9.17, 15) is 33.5 Å². The van der Waals surface area contributed by atoms with Gasteiger partial charge in [-0.05, 0) is 55.4 Å². The molecule has 0 aromatic carbocycles. The Kier molecular flexibility index (Phi) is 5.03. The maximum atomic E-state index is 13.7. The lowest BCUT2D eigenvalue weighted by molar-refractivity contribution is -0.169. The van der Waals surface area contributed by atoms with E-state index >= 15 is 0 Å². The average Bonchev–Trinajstić information content (AvgIpc) is 3.05. The van der Waals surface area contributed by atoms with Crippen LogP contribution in [0.1, 0.15) is 58.8 Å². The number of nitrogens with one attached hydrogen (secondary N) is 1. The fourth-order valence-corrected chi connectivity index (χ4v) is 7.75. The lowest BCUT2D eigenvalue weighted by atomic mass is 9.46. The van der Waals surface area contributed by atoms with Crippen LogP contribution in [0, 0.1) is 34.4 Å². The monoisotopic (exact) mass is 472 g/mol. The molecule has 182 valence electrons. The predicted molar refractivity (Wildman–Crippen MR) is 118 cm³/mol. The van der Waals surface area contributed by atoms with E-state index < -0.39 is 40.4 Å². The van der Waals surface area contributed by atoms with Crippen molar-refractivity contribution in [2.75, 3.05) is 0 Å². The Balaban J connectivity index is 1.49. The van der Waals surface area contributed by atoms with E-state index in [1.807, 2.05) is 0 Å². The van der Waals surface area contributed by atoms with Gasteiger partial charge in [-0.1, -0.05) is 19.4 Å². The van der Waals surface area contributed by atoms with E-state index in [0.29, 0.717) is 42.9 Å². The van der Waals surface area contributed by atoms with Gasteiger partial charge < -0.3 is 10.1 Å². The van der Waals surface area contributed by atoms with Crippen LogP contribution in [-0.4, -0.2) is 37.6 Å². The Morgan fingerprint density at radius 1 is 1.18 bits per heavy atom. The highest BCUT2D eigenvalue weighted by atomic mass is 19.1. The van der Waals surface area contributed by atoms with Crippen molar-refractivity contribution in [3.63, 3.8) is 0 Å². The normalized spacial score (nSPS) is 39.2. The summed E-state index contributed by atoms with van der Waals surface area (Å²) in [4.78, 5) is 65.3. The molecule has 6 atom stereocenters. The smallest absolute Gasteiger partial charge is 0.328 e. The van der Waals surface area contributed by atoms with Crippen LogP contribution in [-0.2, 0) is 20.9 Å². The molecule has 0 saturated heterocycles. The second-order valence-corrected chi connectivity index (χ2v) is 11.1. The molecule has 1 heterocycles. The molecule has 5 rings (SSSR count). The number of carbonyl (C=O) groups is 3. The molecular formula is C25H29FN2O6. The number of halogens is 1. The molecule has 8 nitrogen and oxygen atoms in total. The van der Waals surface area contributed by atoms with Gasteiger partial charge in [0.2, 0.25) is 5.82 Å². The molecule has 9 heteroatoms. The number of aromatic amines is 1. The van der Waals surface area contributed by atoms with Crippen molar-refractivity contribution in [3.05, 3.63) is 44.5 Å². The zero-order valence-corrected chi connectivity index (χ0v) is 19.4. The van der Waals surface area contributed by atoms with Crippen LogP contribution in [0.4, 0.5) is 4.39 Å². The van der Waals surface area contributed by atoms with Crippen molar-refractivity contribution in [3.8, 4) is 0 Å². The lowest BCUT2D eigenvalue weighted by Crippen LogP contribution is -2.61. The first-order valence-corrected chi connectivity index (χ1v) is 11.9. The summed E-state index contributed by atoms with van der Waals surface area (Å²) in [6.45, 7) is 3.06. The molecule has 0 radical (unpaired) electrons. The number of nitrogens with zero attached hydrogens (tertiary/aromatic N) is 1. The van der Waals surface area contributed by atoms with Gasteiger partial charge >= 0.3 is 5.69 Å². The zero-order chi connectivity index (χ0) is 24.6. The molecule has 1 aromatic rings. The highest BCUT2D eigenvalue weighted by Gasteiger charge is 2.68. The summed E-state index contributed by atoms with van der Waals surface area (Å²) in [5.74, 6) is -2.25. The van der Waals surface area contributed by atoms with E-state index in [1.165, 1.54) is 0 Å². The van der Waals surface area contributed by atoms with Crippen molar-refractivity contribution < 1.29 is 23.9 Å². The van der Waals surface area contributed by atoms with E-state index in [2.05, 4.69) is 11.9 Å². The minimum Gasteiger partial charge on any atom is -0.381 e. The van der Waals surface area contributed by atoms with E-state index in [4.69, 9.17) is 0 Å². The molecule has 34 heavy (non-hydrogen) atoms. The maximum absolute atomic E-state index is 13.7. The highest BCUT2D eigenvalue weighted by Crippen LogP contribution is 2.66. The number of fused-ring (bicyclic) bond motifs is 5. The zero-order valence-electron chi connectivity index (χ0n) is 19.4. The topological polar surface area (TPSA) is 126 Å². The number of allylic oxidation sites excluding steroid dienone is 1. The molecule has 3 fully saturated rings. The summed E-state index contributed by atoms with van der Waals surface area (Å²) in [5, 5.41) is 11.7. The van der Waals surface area contributed by atoms with Gasteiger partial charge in [0.1, 0.15) is 11.4 Å².